The molecule has 1 aliphatic rings. The Kier molecular flexibility index (Phi) is 4.78. The Morgan fingerprint density at radius 2 is 2.00 bits per heavy atom. The van der Waals surface area contributed by atoms with E-state index in [1.54, 1.807) is 0 Å². The van der Waals surface area contributed by atoms with Crippen molar-refractivity contribution in [3.8, 4) is 0 Å². The summed E-state index contributed by atoms with van der Waals surface area (Å²) in [5.74, 6) is 2.51. The Balaban J connectivity index is 2.47. The molecule has 2 nitrogen and oxygen atoms in total. The maximum Gasteiger partial charge on any atom is 0.140 e. The quantitative estimate of drug-likeness (QED) is 0.774. The van der Waals surface area contributed by atoms with Gasteiger partial charge in [0, 0.05) is 18.4 Å². The van der Waals surface area contributed by atoms with Crippen molar-refractivity contribution in [3.05, 3.63) is 0 Å². The third-order valence-corrected chi connectivity index (χ3v) is 4.00. The number of ketones is 1. The van der Waals surface area contributed by atoms with Crippen molar-refractivity contribution in [3.63, 3.8) is 0 Å². The smallest absolute Gasteiger partial charge is 0.140 e. The molecule has 4 unspecified atom stereocenters. The van der Waals surface area contributed by atoms with Crippen LogP contribution in [-0.2, 0) is 4.79 Å². The van der Waals surface area contributed by atoms with E-state index in [1.807, 2.05) is 14.0 Å². The number of hydrogen-bond donors (Lipinski definition) is 1. The Bertz CT molecular complexity index is 215. The van der Waals surface area contributed by atoms with Crippen molar-refractivity contribution >= 4 is 5.78 Å². The lowest BCUT2D eigenvalue weighted by molar-refractivity contribution is -0.128. The van der Waals surface area contributed by atoms with Crippen LogP contribution in [0.1, 0.15) is 40.0 Å². The van der Waals surface area contributed by atoms with Crippen molar-refractivity contribution in [1.82, 2.24) is 5.32 Å². The Hall–Kier alpha value is -0.370. The van der Waals surface area contributed by atoms with Gasteiger partial charge < -0.3 is 5.32 Å². The van der Waals surface area contributed by atoms with Gasteiger partial charge in [0.2, 0.25) is 0 Å². The summed E-state index contributed by atoms with van der Waals surface area (Å²) in [6.07, 6.45) is 3.44. The predicted molar refractivity (Wildman–Crippen MR) is 63.8 cm³/mol. The molecule has 0 heterocycles. The molecule has 88 valence electrons. The first-order valence-corrected chi connectivity index (χ1v) is 6.24. The molecule has 2 heteroatoms. The Morgan fingerprint density at radius 3 is 2.53 bits per heavy atom. The van der Waals surface area contributed by atoms with Crippen LogP contribution in [0.3, 0.4) is 0 Å². The lowest BCUT2D eigenvalue weighted by Gasteiger charge is -2.32. The molecule has 0 spiro atoms. The number of rotatable bonds is 4. The maximum atomic E-state index is 12.1. The number of nitrogens with one attached hydrogen (secondary N) is 1. The molecule has 4 atom stereocenters. The van der Waals surface area contributed by atoms with E-state index in [-0.39, 0.29) is 5.92 Å². The fraction of sp³-hybridized carbons (Fsp3) is 0.923. The normalized spacial score (nSPS) is 33.7. The summed E-state index contributed by atoms with van der Waals surface area (Å²) in [6.45, 7) is 7.45. The highest BCUT2D eigenvalue weighted by molar-refractivity contribution is 5.83. The molecular formula is C13H25NO. The average Bonchev–Trinajstić information content (AvgIpc) is 2.21. The molecule has 0 aliphatic heterocycles. The molecule has 1 aliphatic carbocycles. The molecule has 1 rings (SSSR count). The van der Waals surface area contributed by atoms with Crippen LogP contribution in [0.2, 0.25) is 0 Å². The summed E-state index contributed by atoms with van der Waals surface area (Å²) in [6, 6.07) is 0. The van der Waals surface area contributed by atoms with Crippen LogP contribution in [0.25, 0.3) is 0 Å². The monoisotopic (exact) mass is 211 g/mol. The number of Topliss-reactive ketones (excluding diaryl/α,β-unsaturated/α-hetero) is 1. The second-order valence-electron chi connectivity index (χ2n) is 5.33. The van der Waals surface area contributed by atoms with Gasteiger partial charge >= 0.3 is 0 Å². The SMILES string of the molecule is CNCC(C)C(=O)C1CCC(C)C(C)C1. The van der Waals surface area contributed by atoms with Gasteiger partial charge in [-0.3, -0.25) is 4.79 Å². The Labute approximate surface area is 93.8 Å². The van der Waals surface area contributed by atoms with Gasteiger partial charge in [-0.05, 0) is 38.1 Å². The van der Waals surface area contributed by atoms with Gasteiger partial charge in [-0.15, -0.1) is 0 Å². The zero-order chi connectivity index (χ0) is 11.4. The lowest BCUT2D eigenvalue weighted by atomic mass is 9.72. The second kappa shape index (κ2) is 5.64. The summed E-state index contributed by atoms with van der Waals surface area (Å²) < 4.78 is 0. The minimum absolute atomic E-state index is 0.181. The fourth-order valence-electron chi connectivity index (χ4n) is 2.62. The van der Waals surface area contributed by atoms with E-state index in [0.717, 1.165) is 31.2 Å². The van der Waals surface area contributed by atoms with E-state index in [9.17, 15) is 4.79 Å². The predicted octanol–water partition coefficient (Wildman–Crippen LogP) is 2.48. The first kappa shape index (κ1) is 12.7. The minimum atomic E-state index is 0.181. The van der Waals surface area contributed by atoms with Gasteiger partial charge in [0.25, 0.3) is 0 Å². The molecule has 1 N–H and O–H groups in total. The molecule has 1 saturated carbocycles. The van der Waals surface area contributed by atoms with Crippen LogP contribution in [0.15, 0.2) is 0 Å². The van der Waals surface area contributed by atoms with Crippen LogP contribution < -0.4 is 5.32 Å². The van der Waals surface area contributed by atoms with Gasteiger partial charge in [-0.1, -0.05) is 20.8 Å². The van der Waals surface area contributed by atoms with Crippen LogP contribution in [0.5, 0.6) is 0 Å². The minimum Gasteiger partial charge on any atom is -0.319 e. The first-order valence-electron chi connectivity index (χ1n) is 6.24. The summed E-state index contributed by atoms with van der Waals surface area (Å²) in [4.78, 5) is 12.1. The highest BCUT2D eigenvalue weighted by Crippen LogP contribution is 2.34. The molecule has 0 amide bonds. The van der Waals surface area contributed by atoms with E-state index in [0.29, 0.717) is 11.7 Å². The van der Waals surface area contributed by atoms with Gasteiger partial charge in [-0.2, -0.15) is 0 Å². The zero-order valence-electron chi connectivity index (χ0n) is 10.5. The van der Waals surface area contributed by atoms with Crippen LogP contribution in [-0.4, -0.2) is 19.4 Å². The van der Waals surface area contributed by atoms with Crippen molar-refractivity contribution < 1.29 is 4.79 Å². The van der Waals surface area contributed by atoms with Crippen molar-refractivity contribution in [2.24, 2.45) is 23.7 Å². The molecule has 0 saturated heterocycles. The van der Waals surface area contributed by atoms with E-state index in [1.165, 1.54) is 6.42 Å². The topological polar surface area (TPSA) is 29.1 Å². The van der Waals surface area contributed by atoms with Crippen LogP contribution in [0, 0.1) is 23.7 Å². The molecule has 0 aromatic rings. The van der Waals surface area contributed by atoms with Gasteiger partial charge in [0.05, 0.1) is 0 Å². The summed E-state index contributed by atoms with van der Waals surface area (Å²) in [5, 5.41) is 3.09. The highest BCUT2D eigenvalue weighted by atomic mass is 16.1. The largest absolute Gasteiger partial charge is 0.319 e. The lowest BCUT2D eigenvalue weighted by Crippen LogP contribution is -2.33. The zero-order valence-corrected chi connectivity index (χ0v) is 10.5. The summed E-state index contributed by atoms with van der Waals surface area (Å²) >= 11 is 0. The molecule has 0 radical (unpaired) electrons. The van der Waals surface area contributed by atoms with Gasteiger partial charge in [0.1, 0.15) is 5.78 Å². The summed E-state index contributed by atoms with van der Waals surface area (Å²) in [5.41, 5.74) is 0. The average molecular weight is 211 g/mol. The molecule has 0 aromatic carbocycles. The van der Waals surface area contributed by atoms with Crippen LogP contribution in [0.4, 0.5) is 0 Å². The van der Waals surface area contributed by atoms with Gasteiger partial charge in [-0.25, -0.2) is 0 Å². The van der Waals surface area contributed by atoms with Gasteiger partial charge in [0.15, 0.2) is 0 Å². The molecular weight excluding hydrogens is 186 g/mol. The number of carbonyl (C=O) groups is 1. The molecule has 15 heavy (non-hydrogen) atoms. The molecule has 0 aromatic heterocycles. The van der Waals surface area contributed by atoms with Crippen LogP contribution >= 0.6 is 0 Å². The van der Waals surface area contributed by atoms with E-state index >= 15 is 0 Å². The van der Waals surface area contributed by atoms with Crippen molar-refractivity contribution in [2.75, 3.05) is 13.6 Å². The van der Waals surface area contributed by atoms with E-state index < -0.39 is 0 Å². The third kappa shape index (κ3) is 3.30. The first-order chi connectivity index (χ1) is 7.06. The Morgan fingerprint density at radius 1 is 1.33 bits per heavy atom. The fourth-order valence-corrected chi connectivity index (χ4v) is 2.62. The van der Waals surface area contributed by atoms with Crippen molar-refractivity contribution in [2.45, 2.75) is 40.0 Å². The van der Waals surface area contributed by atoms with E-state index in [4.69, 9.17) is 0 Å². The second-order valence-corrected chi connectivity index (χ2v) is 5.33. The number of carbonyl (C=O) groups excluding carboxylic acids is 1. The standard InChI is InChI=1S/C13H25NO/c1-9-5-6-12(7-10(9)2)13(15)11(3)8-14-4/h9-12,14H,5-8H2,1-4H3. The molecule has 1 fully saturated rings. The maximum absolute atomic E-state index is 12.1. The van der Waals surface area contributed by atoms with Crippen molar-refractivity contribution in [1.29, 1.82) is 0 Å². The highest BCUT2D eigenvalue weighted by Gasteiger charge is 2.30. The summed E-state index contributed by atoms with van der Waals surface area (Å²) in [7, 11) is 1.91. The number of hydrogen-bond acceptors (Lipinski definition) is 2. The third-order valence-electron chi connectivity index (χ3n) is 4.00. The molecule has 0 bridgehead atoms. The van der Waals surface area contributed by atoms with E-state index in [2.05, 4.69) is 19.2 Å².